The first-order chi connectivity index (χ1) is 12.0. The standard InChI is InChI=1S/C17H15N3O5/c1-11(21)19-17(12-6-8-15(24-2)9-7-12)25-16(18-19)13-4-3-5-14(10-13)20(22)23/h3-10,17H,1-2H3/t17-/m1/s1. The van der Waals surface area contributed by atoms with Crippen molar-refractivity contribution in [2.45, 2.75) is 13.2 Å². The highest BCUT2D eigenvalue weighted by molar-refractivity contribution is 5.96. The minimum absolute atomic E-state index is 0.0777. The van der Waals surface area contributed by atoms with Crippen molar-refractivity contribution in [1.29, 1.82) is 0 Å². The van der Waals surface area contributed by atoms with Crippen LogP contribution in [0.1, 0.15) is 24.3 Å². The van der Waals surface area contributed by atoms with E-state index in [1.54, 1.807) is 37.4 Å². The molecule has 1 aliphatic heterocycles. The number of hydrogen-bond donors (Lipinski definition) is 0. The minimum Gasteiger partial charge on any atom is -0.497 e. The summed E-state index contributed by atoms with van der Waals surface area (Å²) in [5.41, 5.74) is 1.06. The molecule has 1 atom stereocenters. The number of carbonyl (C=O) groups is 1. The van der Waals surface area contributed by atoms with Crippen LogP contribution in [0.25, 0.3) is 0 Å². The quantitative estimate of drug-likeness (QED) is 0.629. The lowest BCUT2D eigenvalue weighted by Crippen LogP contribution is -2.25. The third-order valence-electron chi connectivity index (χ3n) is 3.67. The summed E-state index contributed by atoms with van der Waals surface area (Å²) in [4.78, 5) is 22.3. The van der Waals surface area contributed by atoms with Crippen LogP contribution in [0.4, 0.5) is 5.69 Å². The van der Waals surface area contributed by atoms with E-state index >= 15 is 0 Å². The number of rotatable bonds is 4. The molecule has 2 aromatic rings. The molecule has 0 radical (unpaired) electrons. The van der Waals surface area contributed by atoms with Gasteiger partial charge in [-0.05, 0) is 30.3 Å². The first-order valence-corrected chi connectivity index (χ1v) is 7.43. The smallest absolute Gasteiger partial charge is 0.270 e. The Bertz CT molecular complexity index is 848. The van der Waals surface area contributed by atoms with Crippen molar-refractivity contribution in [3.63, 3.8) is 0 Å². The zero-order valence-corrected chi connectivity index (χ0v) is 13.6. The number of hydrazone groups is 1. The summed E-state index contributed by atoms with van der Waals surface area (Å²) in [5, 5.41) is 16.3. The van der Waals surface area contributed by atoms with Gasteiger partial charge in [0.1, 0.15) is 5.75 Å². The first kappa shape index (κ1) is 16.4. The summed E-state index contributed by atoms with van der Waals surface area (Å²) in [6, 6.07) is 13.0. The van der Waals surface area contributed by atoms with Gasteiger partial charge in [0.15, 0.2) is 0 Å². The summed E-state index contributed by atoms with van der Waals surface area (Å²) >= 11 is 0. The average Bonchev–Trinajstić information content (AvgIpc) is 3.07. The zero-order valence-electron chi connectivity index (χ0n) is 13.6. The number of hydrogen-bond acceptors (Lipinski definition) is 6. The van der Waals surface area contributed by atoms with Crippen LogP contribution in [-0.4, -0.2) is 28.8 Å². The van der Waals surface area contributed by atoms with Crippen molar-refractivity contribution in [1.82, 2.24) is 5.01 Å². The predicted octanol–water partition coefficient (Wildman–Crippen LogP) is 2.84. The SMILES string of the molecule is COc1ccc([C@H]2OC(c3cccc([N+](=O)[O-])c3)=NN2C(C)=O)cc1. The Labute approximate surface area is 143 Å². The van der Waals surface area contributed by atoms with Gasteiger partial charge in [0, 0.05) is 30.2 Å². The molecule has 0 aromatic heterocycles. The first-order valence-electron chi connectivity index (χ1n) is 7.43. The topological polar surface area (TPSA) is 94.3 Å². The highest BCUT2D eigenvalue weighted by Crippen LogP contribution is 2.31. The molecule has 2 aromatic carbocycles. The van der Waals surface area contributed by atoms with Crippen LogP contribution in [0.5, 0.6) is 5.75 Å². The molecule has 3 rings (SSSR count). The average molecular weight is 341 g/mol. The monoisotopic (exact) mass is 341 g/mol. The van der Waals surface area contributed by atoms with E-state index in [1.807, 2.05) is 0 Å². The van der Waals surface area contributed by atoms with Crippen LogP contribution in [0.3, 0.4) is 0 Å². The Hall–Kier alpha value is -3.42. The lowest BCUT2D eigenvalue weighted by Gasteiger charge is -2.19. The van der Waals surface area contributed by atoms with Gasteiger partial charge in [0.25, 0.3) is 5.69 Å². The van der Waals surface area contributed by atoms with Crippen molar-refractivity contribution >= 4 is 17.5 Å². The second-order valence-corrected chi connectivity index (χ2v) is 5.32. The van der Waals surface area contributed by atoms with Crippen LogP contribution < -0.4 is 4.74 Å². The van der Waals surface area contributed by atoms with Gasteiger partial charge >= 0.3 is 0 Å². The predicted molar refractivity (Wildman–Crippen MR) is 89.0 cm³/mol. The summed E-state index contributed by atoms with van der Waals surface area (Å²) in [6.07, 6.45) is -0.738. The van der Waals surface area contributed by atoms with E-state index in [0.717, 1.165) is 0 Å². The van der Waals surface area contributed by atoms with Gasteiger partial charge in [0.2, 0.25) is 18.0 Å². The van der Waals surface area contributed by atoms with E-state index in [-0.39, 0.29) is 17.5 Å². The molecule has 128 valence electrons. The molecule has 1 aliphatic rings. The number of ether oxygens (including phenoxy) is 2. The normalized spacial score (nSPS) is 16.2. The van der Waals surface area contributed by atoms with Crippen molar-refractivity contribution < 1.29 is 19.2 Å². The fourth-order valence-electron chi connectivity index (χ4n) is 2.42. The number of methoxy groups -OCH3 is 1. The highest BCUT2D eigenvalue weighted by atomic mass is 16.6. The third kappa shape index (κ3) is 3.27. The molecule has 0 spiro atoms. The third-order valence-corrected chi connectivity index (χ3v) is 3.67. The van der Waals surface area contributed by atoms with Crippen molar-refractivity contribution in [2.75, 3.05) is 7.11 Å². The molecule has 8 nitrogen and oxygen atoms in total. The van der Waals surface area contributed by atoms with Gasteiger partial charge in [-0.1, -0.05) is 6.07 Å². The molecule has 8 heteroatoms. The Balaban J connectivity index is 1.92. The summed E-state index contributed by atoms with van der Waals surface area (Å²) < 4.78 is 10.9. The second-order valence-electron chi connectivity index (χ2n) is 5.32. The van der Waals surface area contributed by atoms with Gasteiger partial charge in [-0.2, -0.15) is 5.01 Å². The van der Waals surface area contributed by atoms with Crippen molar-refractivity contribution in [3.05, 3.63) is 69.8 Å². The van der Waals surface area contributed by atoms with E-state index in [0.29, 0.717) is 16.9 Å². The van der Waals surface area contributed by atoms with Crippen molar-refractivity contribution in [3.8, 4) is 5.75 Å². The van der Waals surface area contributed by atoms with Crippen LogP contribution >= 0.6 is 0 Å². The van der Waals surface area contributed by atoms with Crippen LogP contribution in [-0.2, 0) is 9.53 Å². The maximum absolute atomic E-state index is 11.9. The van der Waals surface area contributed by atoms with Gasteiger partial charge in [-0.25, -0.2) is 0 Å². The molecule has 25 heavy (non-hydrogen) atoms. The molecular weight excluding hydrogens is 326 g/mol. The Morgan fingerprint density at radius 2 is 2.00 bits per heavy atom. The summed E-state index contributed by atoms with van der Waals surface area (Å²) in [5.74, 6) is 0.525. The van der Waals surface area contributed by atoms with Crippen LogP contribution in [0.2, 0.25) is 0 Å². The number of carbonyl (C=O) groups excluding carboxylic acids is 1. The molecule has 0 unspecified atom stereocenters. The highest BCUT2D eigenvalue weighted by Gasteiger charge is 2.33. The lowest BCUT2D eigenvalue weighted by molar-refractivity contribution is -0.384. The fraction of sp³-hybridized carbons (Fsp3) is 0.176. The Morgan fingerprint density at radius 3 is 2.60 bits per heavy atom. The molecule has 0 bridgehead atoms. The van der Waals surface area contributed by atoms with E-state index in [4.69, 9.17) is 9.47 Å². The van der Waals surface area contributed by atoms with E-state index < -0.39 is 11.2 Å². The second kappa shape index (κ2) is 6.60. The number of amides is 1. The molecule has 0 N–H and O–H groups in total. The van der Waals surface area contributed by atoms with Crippen LogP contribution in [0, 0.1) is 10.1 Å². The molecule has 0 aliphatic carbocycles. The number of nitro groups is 1. The largest absolute Gasteiger partial charge is 0.497 e. The number of nitro benzene ring substituents is 1. The van der Waals surface area contributed by atoms with E-state index in [9.17, 15) is 14.9 Å². The van der Waals surface area contributed by atoms with Gasteiger partial charge in [-0.3, -0.25) is 14.9 Å². The summed E-state index contributed by atoms with van der Waals surface area (Å²) in [7, 11) is 1.56. The zero-order chi connectivity index (χ0) is 18.0. The summed E-state index contributed by atoms with van der Waals surface area (Å²) in [6.45, 7) is 1.37. The Morgan fingerprint density at radius 1 is 1.28 bits per heavy atom. The van der Waals surface area contributed by atoms with Gasteiger partial charge in [-0.15, -0.1) is 5.10 Å². The number of non-ortho nitro benzene ring substituents is 1. The molecular formula is C17H15N3O5. The van der Waals surface area contributed by atoms with Gasteiger partial charge < -0.3 is 9.47 Å². The maximum Gasteiger partial charge on any atom is 0.270 e. The van der Waals surface area contributed by atoms with Gasteiger partial charge in [0.05, 0.1) is 12.0 Å². The molecule has 1 amide bonds. The molecule has 0 saturated heterocycles. The molecule has 0 saturated carbocycles. The number of nitrogens with zero attached hydrogens (tertiary/aromatic N) is 3. The lowest BCUT2D eigenvalue weighted by atomic mass is 10.2. The Kier molecular flexibility index (Phi) is 4.34. The molecule has 1 heterocycles. The van der Waals surface area contributed by atoms with Crippen molar-refractivity contribution in [2.24, 2.45) is 5.10 Å². The van der Waals surface area contributed by atoms with E-state index in [2.05, 4.69) is 5.10 Å². The van der Waals surface area contributed by atoms with E-state index in [1.165, 1.54) is 30.1 Å². The number of benzene rings is 2. The van der Waals surface area contributed by atoms with Crippen LogP contribution in [0.15, 0.2) is 53.6 Å². The fourth-order valence-corrected chi connectivity index (χ4v) is 2.42. The molecule has 0 fully saturated rings. The maximum atomic E-state index is 11.9. The minimum atomic E-state index is -0.738.